The Morgan fingerprint density at radius 2 is 1.72 bits per heavy atom. The van der Waals surface area contributed by atoms with Crippen LogP contribution in [0.15, 0.2) is 47.3 Å². The number of nitrogens with one attached hydrogen (secondary N) is 1. The van der Waals surface area contributed by atoms with E-state index in [-0.39, 0.29) is 5.56 Å². The Labute approximate surface area is 146 Å². The van der Waals surface area contributed by atoms with Crippen LogP contribution in [0.3, 0.4) is 0 Å². The Morgan fingerprint density at radius 1 is 1.04 bits per heavy atom. The van der Waals surface area contributed by atoms with Gasteiger partial charge in [0.1, 0.15) is 11.5 Å². The minimum atomic E-state index is -0.0837. The number of ether oxygens (including phenoxy) is 2. The van der Waals surface area contributed by atoms with Crippen LogP contribution >= 0.6 is 0 Å². The van der Waals surface area contributed by atoms with E-state index in [1.165, 1.54) is 10.1 Å². The van der Waals surface area contributed by atoms with Crippen LogP contribution in [0.4, 0.5) is 5.95 Å². The van der Waals surface area contributed by atoms with E-state index >= 15 is 0 Å². The van der Waals surface area contributed by atoms with Crippen LogP contribution < -0.4 is 20.3 Å². The Kier molecular flexibility index (Phi) is 4.88. The zero-order valence-electron chi connectivity index (χ0n) is 14.6. The minimum Gasteiger partial charge on any atom is -0.497 e. The summed E-state index contributed by atoms with van der Waals surface area (Å²) in [5.41, 5.74) is 1.72. The summed E-state index contributed by atoms with van der Waals surface area (Å²) in [6, 6.07) is 13.2. The molecule has 3 aromatic rings. The first kappa shape index (κ1) is 16.8. The van der Waals surface area contributed by atoms with E-state index in [1.54, 1.807) is 39.5 Å². The standard InChI is InChI=1S/C19H21N3O3/c1-22-18(23)16-9-8-15(25-3)12-17(16)21-19(22)20-11-10-13-4-6-14(24-2)7-5-13/h4-9,12H,10-11H2,1-3H3,(H,20,21). The zero-order chi connectivity index (χ0) is 17.8. The number of rotatable bonds is 6. The first-order chi connectivity index (χ1) is 12.1. The predicted molar refractivity (Wildman–Crippen MR) is 98.7 cm³/mol. The zero-order valence-corrected chi connectivity index (χ0v) is 14.6. The van der Waals surface area contributed by atoms with E-state index in [0.29, 0.717) is 29.1 Å². The number of methoxy groups -OCH3 is 2. The molecule has 1 aromatic heterocycles. The maximum absolute atomic E-state index is 12.5. The molecule has 0 amide bonds. The predicted octanol–water partition coefficient (Wildman–Crippen LogP) is 2.61. The highest BCUT2D eigenvalue weighted by molar-refractivity contribution is 5.80. The molecule has 25 heavy (non-hydrogen) atoms. The molecule has 0 bridgehead atoms. The molecule has 1 heterocycles. The Balaban J connectivity index is 1.78. The molecule has 0 radical (unpaired) electrons. The first-order valence-corrected chi connectivity index (χ1v) is 8.04. The fraction of sp³-hybridized carbons (Fsp3) is 0.263. The lowest BCUT2D eigenvalue weighted by Crippen LogP contribution is -2.23. The second-order valence-corrected chi connectivity index (χ2v) is 5.71. The monoisotopic (exact) mass is 339 g/mol. The van der Waals surface area contributed by atoms with Crippen LogP contribution in [0.2, 0.25) is 0 Å². The smallest absolute Gasteiger partial charge is 0.262 e. The van der Waals surface area contributed by atoms with E-state index in [2.05, 4.69) is 10.3 Å². The minimum absolute atomic E-state index is 0.0837. The van der Waals surface area contributed by atoms with E-state index in [4.69, 9.17) is 9.47 Å². The van der Waals surface area contributed by atoms with E-state index < -0.39 is 0 Å². The Hall–Kier alpha value is -3.02. The van der Waals surface area contributed by atoms with Crippen LogP contribution in [0.25, 0.3) is 10.9 Å². The highest BCUT2D eigenvalue weighted by Gasteiger charge is 2.09. The lowest BCUT2D eigenvalue weighted by atomic mass is 10.1. The fourth-order valence-electron chi connectivity index (χ4n) is 2.65. The van der Waals surface area contributed by atoms with Gasteiger partial charge in [-0.15, -0.1) is 0 Å². The Morgan fingerprint density at radius 3 is 2.40 bits per heavy atom. The van der Waals surface area contributed by atoms with Gasteiger partial charge in [-0.3, -0.25) is 9.36 Å². The van der Waals surface area contributed by atoms with Gasteiger partial charge in [-0.05, 0) is 36.2 Å². The number of benzene rings is 2. The molecule has 2 aromatic carbocycles. The fourth-order valence-corrected chi connectivity index (χ4v) is 2.65. The maximum Gasteiger partial charge on any atom is 0.262 e. The van der Waals surface area contributed by atoms with Crippen molar-refractivity contribution >= 4 is 16.9 Å². The molecule has 0 unspecified atom stereocenters. The molecule has 0 fully saturated rings. The second-order valence-electron chi connectivity index (χ2n) is 5.71. The molecule has 6 heteroatoms. The summed E-state index contributed by atoms with van der Waals surface area (Å²) in [5.74, 6) is 2.06. The van der Waals surface area contributed by atoms with Crippen LogP contribution in [-0.2, 0) is 13.5 Å². The van der Waals surface area contributed by atoms with Crippen molar-refractivity contribution < 1.29 is 9.47 Å². The summed E-state index contributed by atoms with van der Waals surface area (Å²) >= 11 is 0. The van der Waals surface area contributed by atoms with Crippen LogP contribution in [0.5, 0.6) is 11.5 Å². The molecule has 130 valence electrons. The van der Waals surface area contributed by atoms with Gasteiger partial charge >= 0.3 is 0 Å². The molecule has 0 aliphatic rings. The molecule has 0 aliphatic carbocycles. The third-order valence-corrected chi connectivity index (χ3v) is 4.14. The van der Waals surface area contributed by atoms with Crippen LogP contribution in [0, 0.1) is 0 Å². The van der Waals surface area contributed by atoms with Crippen molar-refractivity contribution in [2.45, 2.75) is 6.42 Å². The summed E-state index contributed by atoms with van der Waals surface area (Å²) in [5, 5.41) is 3.81. The van der Waals surface area contributed by atoms with Gasteiger partial charge in [0.2, 0.25) is 5.95 Å². The van der Waals surface area contributed by atoms with Gasteiger partial charge in [-0.1, -0.05) is 12.1 Å². The topological polar surface area (TPSA) is 65.4 Å². The van der Waals surface area contributed by atoms with Crippen molar-refractivity contribution in [3.63, 3.8) is 0 Å². The SMILES string of the molecule is COc1ccc(CCNc2nc3cc(OC)ccc3c(=O)n2C)cc1. The van der Waals surface area contributed by atoms with Crippen molar-refractivity contribution in [2.24, 2.45) is 7.05 Å². The number of anilines is 1. The van der Waals surface area contributed by atoms with E-state index in [1.807, 2.05) is 24.3 Å². The lowest BCUT2D eigenvalue weighted by molar-refractivity contribution is 0.414. The molecule has 0 saturated heterocycles. The summed E-state index contributed by atoms with van der Waals surface area (Å²) in [6.07, 6.45) is 0.815. The highest BCUT2D eigenvalue weighted by Crippen LogP contribution is 2.18. The van der Waals surface area contributed by atoms with Crippen molar-refractivity contribution in [1.82, 2.24) is 9.55 Å². The highest BCUT2D eigenvalue weighted by atomic mass is 16.5. The summed E-state index contributed by atoms with van der Waals surface area (Å²) in [4.78, 5) is 17.0. The van der Waals surface area contributed by atoms with Crippen molar-refractivity contribution in [2.75, 3.05) is 26.1 Å². The van der Waals surface area contributed by atoms with Crippen LogP contribution in [-0.4, -0.2) is 30.3 Å². The first-order valence-electron chi connectivity index (χ1n) is 8.04. The van der Waals surface area contributed by atoms with E-state index in [9.17, 15) is 4.79 Å². The summed E-state index contributed by atoms with van der Waals surface area (Å²) < 4.78 is 11.9. The van der Waals surface area contributed by atoms with Gasteiger partial charge in [0.05, 0.1) is 25.1 Å². The van der Waals surface area contributed by atoms with Gasteiger partial charge in [-0.2, -0.15) is 0 Å². The number of hydrogen-bond acceptors (Lipinski definition) is 5. The van der Waals surface area contributed by atoms with Gasteiger partial charge in [0.15, 0.2) is 0 Å². The molecule has 6 nitrogen and oxygen atoms in total. The maximum atomic E-state index is 12.5. The third-order valence-electron chi connectivity index (χ3n) is 4.14. The molecule has 0 aliphatic heterocycles. The molecule has 0 saturated carbocycles. The van der Waals surface area contributed by atoms with Crippen molar-refractivity contribution in [3.8, 4) is 11.5 Å². The Bertz CT molecular complexity index is 933. The third kappa shape index (κ3) is 3.57. The van der Waals surface area contributed by atoms with Gasteiger partial charge < -0.3 is 14.8 Å². The number of hydrogen-bond donors (Lipinski definition) is 1. The average molecular weight is 339 g/mol. The molecule has 3 rings (SSSR count). The molecule has 1 N–H and O–H groups in total. The second kappa shape index (κ2) is 7.25. The summed E-state index contributed by atoms with van der Waals surface area (Å²) in [6.45, 7) is 0.669. The number of fused-ring (bicyclic) bond motifs is 1. The van der Waals surface area contributed by atoms with E-state index in [0.717, 1.165) is 12.2 Å². The van der Waals surface area contributed by atoms with Gasteiger partial charge in [0, 0.05) is 19.7 Å². The van der Waals surface area contributed by atoms with Gasteiger partial charge in [0.25, 0.3) is 5.56 Å². The normalized spacial score (nSPS) is 10.7. The molecular formula is C19H21N3O3. The molecular weight excluding hydrogens is 318 g/mol. The molecule has 0 atom stereocenters. The van der Waals surface area contributed by atoms with Gasteiger partial charge in [-0.25, -0.2) is 4.98 Å². The quantitative estimate of drug-likeness (QED) is 0.748. The van der Waals surface area contributed by atoms with Crippen molar-refractivity contribution in [3.05, 3.63) is 58.4 Å². The summed E-state index contributed by atoms with van der Waals surface area (Å²) in [7, 11) is 4.96. The average Bonchev–Trinajstić information content (AvgIpc) is 2.65. The van der Waals surface area contributed by atoms with Crippen molar-refractivity contribution in [1.29, 1.82) is 0 Å². The molecule has 0 spiro atoms. The number of aromatic nitrogens is 2. The number of nitrogens with zero attached hydrogens (tertiary/aromatic N) is 2. The largest absolute Gasteiger partial charge is 0.497 e. The van der Waals surface area contributed by atoms with Crippen LogP contribution in [0.1, 0.15) is 5.56 Å². The lowest BCUT2D eigenvalue weighted by Gasteiger charge is -2.12.